The Morgan fingerprint density at radius 2 is 1.82 bits per heavy atom. The topological polar surface area (TPSA) is 69.3 Å². The van der Waals surface area contributed by atoms with Crippen molar-refractivity contribution in [3.63, 3.8) is 0 Å². The van der Waals surface area contributed by atoms with Crippen LogP contribution in [0.4, 0.5) is 5.82 Å². The van der Waals surface area contributed by atoms with E-state index in [2.05, 4.69) is 10.00 Å². The summed E-state index contributed by atoms with van der Waals surface area (Å²) >= 11 is 12.0. The van der Waals surface area contributed by atoms with Gasteiger partial charge in [-0.25, -0.2) is 0 Å². The number of anilines is 1. The number of nitrogens with one attached hydrogen (secondary N) is 1. The summed E-state index contributed by atoms with van der Waals surface area (Å²) in [7, 11) is 0. The quantitative estimate of drug-likeness (QED) is 0.430. The number of hydrogen-bond donors (Lipinski definition) is 1. The number of hydrogen-bond acceptors (Lipinski definition) is 4. The first-order valence-corrected chi connectivity index (χ1v) is 12.3. The predicted molar refractivity (Wildman–Crippen MR) is 126 cm³/mol. The molecule has 2 aromatic heterocycles. The lowest BCUT2D eigenvalue weighted by Gasteiger charge is -2.56. The van der Waals surface area contributed by atoms with Gasteiger partial charge in [0, 0.05) is 17.3 Å². The van der Waals surface area contributed by atoms with Gasteiger partial charge in [0.2, 0.25) is 0 Å². The third-order valence-electron chi connectivity index (χ3n) is 7.47. The highest BCUT2D eigenvalue weighted by Crippen LogP contribution is 2.58. The lowest BCUT2D eigenvalue weighted by Crippen LogP contribution is -2.52. The second-order valence-corrected chi connectivity index (χ2v) is 10.7. The standard InChI is InChI=1S/C25H25Cl2N3O3/c26-18-1-3-21(20(27)10-18)32-14-19-2-4-22(33-19)24(31)28-23-5-6-30(29-23)25-11-15-7-16(12-25)9-17(8-15)13-25/h1-6,10,15-17H,7-9,11-14H2,(H,28,29,31). The maximum Gasteiger partial charge on any atom is 0.292 e. The van der Waals surface area contributed by atoms with Gasteiger partial charge in [-0.3, -0.25) is 9.48 Å². The molecule has 6 nitrogen and oxygen atoms in total. The van der Waals surface area contributed by atoms with E-state index >= 15 is 0 Å². The van der Waals surface area contributed by atoms with Gasteiger partial charge in [-0.05, 0) is 86.6 Å². The summed E-state index contributed by atoms with van der Waals surface area (Å²) in [5.41, 5.74) is 0.135. The first-order chi connectivity index (χ1) is 16.0. The molecule has 0 aliphatic heterocycles. The van der Waals surface area contributed by atoms with Crippen LogP contribution in [0.5, 0.6) is 5.75 Å². The molecular formula is C25H25Cl2N3O3. The fourth-order valence-corrected chi connectivity index (χ4v) is 6.96. The van der Waals surface area contributed by atoms with Gasteiger partial charge >= 0.3 is 0 Å². The van der Waals surface area contributed by atoms with Crippen LogP contribution in [0.15, 0.2) is 47.0 Å². The Bertz CT molecular complexity index is 1170. The molecule has 0 atom stereocenters. The largest absolute Gasteiger partial charge is 0.484 e. The summed E-state index contributed by atoms with van der Waals surface area (Å²) < 4.78 is 13.5. The van der Waals surface area contributed by atoms with Crippen LogP contribution in [0.3, 0.4) is 0 Å². The number of carbonyl (C=O) groups is 1. The summed E-state index contributed by atoms with van der Waals surface area (Å²) in [6.45, 7) is 0.148. The fraction of sp³-hybridized carbons (Fsp3) is 0.440. The van der Waals surface area contributed by atoms with Crippen LogP contribution in [-0.4, -0.2) is 15.7 Å². The van der Waals surface area contributed by atoms with Gasteiger partial charge in [-0.15, -0.1) is 0 Å². The molecule has 33 heavy (non-hydrogen) atoms. The fourth-order valence-electron chi connectivity index (χ4n) is 6.50. The van der Waals surface area contributed by atoms with Crippen molar-refractivity contribution in [1.82, 2.24) is 9.78 Å². The molecule has 3 aromatic rings. The lowest BCUT2D eigenvalue weighted by molar-refractivity contribution is -0.0492. The van der Waals surface area contributed by atoms with E-state index in [1.807, 2.05) is 12.3 Å². The molecule has 0 radical (unpaired) electrons. The van der Waals surface area contributed by atoms with Crippen molar-refractivity contribution < 1.29 is 13.9 Å². The molecule has 4 saturated carbocycles. The third kappa shape index (κ3) is 4.04. The van der Waals surface area contributed by atoms with E-state index < -0.39 is 0 Å². The van der Waals surface area contributed by atoms with Crippen LogP contribution in [0.25, 0.3) is 0 Å². The smallest absolute Gasteiger partial charge is 0.292 e. The molecule has 1 aromatic carbocycles. The Hall–Kier alpha value is -2.44. The Balaban J connectivity index is 1.10. The zero-order chi connectivity index (χ0) is 22.6. The molecule has 2 heterocycles. The van der Waals surface area contributed by atoms with Crippen molar-refractivity contribution in [2.75, 3.05) is 5.32 Å². The second kappa shape index (κ2) is 8.10. The minimum atomic E-state index is -0.332. The van der Waals surface area contributed by atoms with Gasteiger partial charge in [-0.1, -0.05) is 23.2 Å². The normalized spacial score (nSPS) is 27.6. The van der Waals surface area contributed by atoms with E-state index in [1.165, 1.54) is 38.5 Å². The molecule has 0 spiro atoms. The average Bonchev–Trinajstić information content (AvgIpc) is 3.42. The molecule has 1 amide bonds. The number of furan rings is 1. The summed E-state index contributed by atoms with van der Waals surface area (Å²) in [5, 5.41) is 8.59. The summed E-state index contributed by atoms with van der Waals surface area (Å²) in [6, 6.07) is 10.2. The van der Waals surface area contributed by atoms with Crippen molar-refractivity contribution in [3.05, 3.63) is 64.2 Å². The average molecular weight is 486 g/mol. The van der Waals surface area contributed by atoms with Crippen molar-refractivity contribution in [1.29, 1.82) is 0 Å². The van der Waals surface area contributed by atoms with Crippen LogP contribution in [-0.2, 0) is 12.1 Å². The van der Waals surface area contributed by atoms with E-state index in [0.29, 0.717) is 27.4 Å². The number of benzene rings is 1. The van der Waals surface area contributed by atoms with Gasteiger partial charge < -0.3 is 14.5 Å². The minimum absolute atomic E-state index is 0.135. The molecule has 0 unspecified atom stereocenters. The minimum Gasteiger partial charge on any atom is -0.484 e. The van der Waals surface area contributed by atoms with Crippen LogP contribution < -0.4 is 10.1 Å². The molecule has 4 fully saturated rings. The Morgan fingerprint density at radius 1 is 1.09 bits per heavy atom. The van der Waals surface area contributed by atoms with Crippen LogP contribution in [0.1, 0.15) is 54.8 Å². The summed E-state index contributed by atoms with van der Waals surface area (Å²) in [4.78, 5) is 12.7. The Labute approximate surface area is 202 Å². The molecule has 7 rings (SSSR count). The first kappa shape index (κ1) is 21.1. The third-order valence-corrected chi connectivity index (χ3v) is 8.00. The zero-order valence-electron chi connectivity index (χ0n) is 18.1. The van der Waals surface area contributed by atoms with E-state index in [4.69, 9.17) is 37.5 Å². The molecule has 4 aliphatic carbocycles. The molecular weight excluding hydrogens is 461 g/mol. The first-order valence-electron chi connectivity index (χ1n) is 11.5. The Morgan fingerprint density at radius 3 is 2.52 bits per heavy atom. The predicted octanol–water partition coefficient (Wildman–Crippen LogP) is 6.54. The van der Waals surface area contributed by atoms with Gasteiger partial charge in [0.05, 0.1) is 10.6 Å². The highest BCUT2D eigenvalue weighted by Gasteiger charge is 2.52. The molecule has 4 aliphatic rings. The van der Waals surface area contributed by atoms with Gasteiger partial charge in [-0.2, -0.15) is 5.10 Å². The van der Waals surface area contributed by atoms with Crippen LogP contribution in [0.2, 0.25) is 10.0 Å². The number of rotatable bonds is 6. The van der Waals surface area contributed by atoms with Crippen molar-refractivity contribution in [2.24, 2.45) is 17.8 Å². The summed E-state index contributed by atoms with van der Waals surface area (Å²) in [5.74, 6) is 3.96. The number of halogens is 2. The van der Waals surface area contributed by atoms with E-state index in [9.17, 15) is 4.79 Å². The van der Waals surface area contributed by atoms with E-state index in [-0.39, 0.29) is 23.8 Å². The van der Waals surface area contributed by atoms with E-state index in [1.54, 1.807) is 30.3 Å². The number of ether oxygens (including phenoxy) is 1. The van der Waals surface area contributed by atoms with Gasteiger partial charge in [0.25, 0.3) is 5.91 Å². The zero-order valence-corrected chi connectivity index (χ0v) is 19.6. The number of nitrogens with zero attached hydrogens (tertiary/aromatic N) is 2. The maximum atomic E-state index is 12.7. The number of carbonyl (C=O) groups excluding carboxylic acids is 1. The second-order valence-electron chi connectivity index (χ2n) is 9.87. The van der Waals surface area contributed by atoms with Gasteiger partial charge in [0.15, 0.2) is 11.6 Å². The molecule has 4 bridgehead atoms. The van der Waals surface area contributed by atoms with Crippen molar-refractivity contribution >= 4 is 34.9 Å². The molecule has 8 heteroatoms. The Kier molecular flexibility index (Phi) is 5.18. The molecule has 1 N–H and O–H groups in total. The monoisotopic (exact) mass is 485 g/mol. The molecule has 0 saturated heterocycles. The highest BCUT2D eigenvalue weighted by atomic mass is 35.5. The van der Waals surface area contributed by atoms with Crippen LogP contribution in [0, 0.1) is 17.8 Å². The SMILES string of the molecule is O=C(Nc1ccn(C23CC4CC(CC(C4)C2)C3)n1)c1ccc(COc2ccc(Cl)cc2Cl)o1. The number of aromatic nitrogens is 2. The van der Waals surface area contributed by atoms with E-state index in [0.717, 1.165) is 17.8 Å². The van der Waals surface area contributed by atoms with Crippen molar-refractivity contribution in [2.45, 2.75) is 50.7 Å². The van der Waals surface area contributed by atoms with Crippen LogP contribution >= 0.6 is 23.2 Å². The summed E-state index contributed by atoms with van der Waals surface area (Å²) in [6.07, 6.45) is 9.84. The number of amides is 1. The van der Waals surface area contributed by atoms with Gasteiger partial charge in [0.1, 0.15) is 18.1 Å². The lowest BCUT2D eigenvalue weighted by atomic mass is 9.53. The van der Waals surface area contributed by atoms with Crippen molar-refractivity contribution in [3.8, 4) is 5.75 Å². The maximum absolute atomic E-state index is 12.7. The highest BCUT2D eigenvalue weighted by molar-refractivity contribution is 6.35. The molecule has 172 valence electrons.